The van der Waals surface area contributed by atoms with E-state index >= 15 is 0 Å². The van der Waals surface area contributed by atoms with Crippen molar-refractivity contribution in [2.75, 3.05) is 0 Å². The van der Waals surface area contributed by atoms with Crippen LogP contribution in [0.15, 0.2) is 41.0 Å². The summed E-state index contributed by atoms with van der Waals surface area (Å²) in [5.41, 5.74) is 0.984. The number of hydrogen-bond donors (Lipinski definition) is 0. The largest absolute Gasteiger partial charge is 0.573 e. The maximum Gasteiger partial charge on any atom is 0.573 e. The Morgan fingerprint density at radius 3 is 2.43 bits per heavy atom. The SMILES string of the molecule is FC(F)(F)Oc1ccc(Oc2ccc(CBr)cn2)cc1Br. The van der Waals surface area contributed by atoms with Gasteiger partial charge in [-0.3, -0.25) is 0 Å². The molecule has 0 saturated heterocycles. The Morgan fingerprint density at radius 2 is 1.90 bits per heavy atom. The molecule has 2 aromatic rings. The minimum absolute atomic E-state index is 0.134. The van der Waals surface area contributed by atoms with Crippen LogP contribution in [0.25, 0.3) is 0 Å². The van der Waals surface area contributed by atoms with Gasteiger partial charge in [0.15, 0.2) is 0 Å². The van der Waals surface area contributed by atoms with Gasteiger partial charge in [-0.1, -0.05) is 22.0 Å². The van der Waals surface area contributed by atoms with Gasteiger partial charge in [0.1, 0.15) is 11.5 Å². The van der Waals surface area contributed by atoms with Crippen molar-refractivity contribution < 1.29 is 22.6 Å². The number of nitrogens with zero attached hydrogens (tertiary/aromatic N) is 1. The monoisotopic (exact) mass is 425 g/mol. The zero-order chi connectivity index (χ0) is 15.5. The third kappa shape index (κ3) is 4.89. The molecule has 0 spiro atoms. The Kier molecular flexibility index (Phi) is 5.10. The molecule has 0 saturated carbocycles. The first kappa shape index (κ1) is 16.1. The van der Waals surface area contributed by atoms with Gasteiger partial charge in [-0.2, -0.15) is 0 Å². The average Bonchev–Trinajstić information content (AvgIpc) is 2.41. The molecule has 0 unspecified atom stereocenters. The number of hydrogen-bond acceptors (Lipinski definition) is 3. The molecule has 0 fully saturated rings. The van der Waals surface area contributed by atoms with Crippen molar-refractivity contribution in [1.29, 1.82) is 0 Å². The van der Waals surface area contributed by atoms with Gasteiger partial charge in [0.2, 0.25) is 5.88 Å². The highest BCUT2D eigenvalue weighted by Gasteiger charge is 2.32. The lowest BCUT2D eigenvalue weighted by Crippen LogP contribution is -2.17. The first-order valence-corrected chi connectivity index (χ1v) is 7.53. The standard InChI is InChI=1S/C13H8Br2F3NO2/c14-6-8-1-4-12(19-7-8)20-9-2-3-11(10(15)5-9)21-13(16,17)18/h1-5,7H,6H2. The Morgan fingerprint density at radius 1 is 1.14 bits per heavy atom. The minimum Gasteiger partial charge on any atom is -0.439 e. The smallest absolute Gasteiger partial charge is 0.439 e. The summed E-state index contributed by atoms with van der Waals surface area (Å²) in [6.45, 7) is 0. The van der Waals surface area contributed by atoms with Crippen molar-refractivity contribution in [1.82, 2.24) is 4.98 Å². The molecule has 0 aliphatic carbocycles. The predicted molar refractivity (Wildman–Crippen MR) is 77.8 cm³/mol. The number of alkyl halides is 4. The number of rotatable bonds is 4. The van der Waals surface area contributed by atoms with E-state index in [2.05, 4.69) is 41.6 Å². The van der Waals surface area contributed by atoms with E-state index < -0.39 is 6.36 Å². The fraction of sp³-hybridized carbons (Fsp3) is 0.154. The summed E-state index contributed by atoms with van der Waals surface area (Å²) in [4.78, 5) is 4.08. The first-order chi connectivity index (χ1) is 9.87. The second kappa shape index (κ2) is 6.65. The molecule has 0 radical (unpaired) electrons. The van der Waals surface area contributed by atoms with Crippen molar-refractivity contribution in [2.24, 2.45) is 0 Å². The number of halogens is 5. The number of benzene rings is 1. The summed E-state index contributed by atoms with van der Waals surface area (Å²) >= 11 is 6.30. The Hall–Kier alpha value is -1.28. The maximum absolute atomic E-state index is 12.2. The van der Waals surface area contributed by atoms with Crippen LogP contribution in [-0.4, -0.2) is 11.3 Å². The topological polar surface area (TPSA) is 31.4 Å². The van der Waals surface area contributed by atoms with Crippen LogP contribution in [-0.2, 0) is 5.33 Å². The highest BCUT2D eigenvalue weighted by molar-refractivity contribution is 9.10. The lowest BCUT2D eigenvalue weighted by Gasteiger charge is -2.11. The number of ether oxygens (including phenoxy) is 2. The van der Waals surface area contributed by atoms with E-state index in [1.807, 2.05) is 6.07 Å². The lowest BCUT2D eigenvalue weighted by atomic mass is 10.3. The van der Waals surface area contributed by atoms with Crippen molar-refractivity contribution in [3.05, 3.63) is 46.6 Å². The second-order valence-corrected chi connectivity index (χ2v) is 5.30. The fourth-order valence-electron chi connectivity index (χ4n) is 1.42. The van der Waals surface area contributed by atoms with E-state index in [9.17, 15) is 13.2 Å². The van der Waals surface area contributed by atoms with Gasteiger partial charge >= 0.3 is 6.36 Å². The molecular formula is C13H8Br2F3NO2. The summed E-state index contributed by atoms with van der Waals surface area (Å²) in [7, 11) is 0. The van der Waals surface area contributed by atoms with Gasteiger partial charge in [-0.15, -0.1) is 13.2 Å². The molecule has 0 N–H and O–H groups in total. The minimum atomic E-state index is -4.74. The lowest BCUT2D eigenvalue weighted by molar-refractivity contribution is -0.274. The zero-order valence-electron chi connectivity index (χ0n) is 10.3. The summed E-state index contributed by atoms with van der Waals surface area (Å²) in [6, 6.07) is 7.41. The van der Waals surface area contributed by atoms with Crippen LogP contribution in [0, 0.1) is 0 Å². The van der Waals surface area contributed by atoms with E-state index in [1.165, 1.54) is 18.2 Å². The van der Waals surface area contributed by atoms with Gasteiger partial charge in [-0.25, -0.2) is 4.98 Å². The zero-order valence-corrected chi connectivity index (χ0v) is 13.5. The van der Waals surface area contributed by atoms with Gasteiger partial charge < -0.3 is 9.47 Å². The fourth-order valence-corrected chi connectivity index (χ4v) is 2.19. The summed E-state index contributed by atoms with van der Waals surface area (Å²) in [5.74, 6) is 0.351. The Bertz CT molecular complexity index is 618. The van der Waals surface area contributed by atoms with Gasteiger partial charge in [0.25, 0.3) is 0 Å². The van der Waals surface area contributed by atoms with Crippen molar-refractivity contribution in [2.45, 2.75) is 11.7 Å². The number of pyridine rings is 1. The third-order valence-electron chi connectivity index (χ3n) is 2.30. The molecule has 0 aliphatic rings. The van der Waals surface area contributed by atoms with E-state index in [-0.39, 0.29) is 10.2 Å². The Labute approximate surface area is 135 Å². The maximum atomic E-state index is 12.2. The summed E-state index contributed by atoms with van der Waals surface area (Å²) in [6.07, 6.45) is -3.10. The molecule has 2 rings (SSSR count). The van der Waals surface area contributed by atoms with Crippen LogP contribution in [0.4, 0.5) is 13.2 Å². The predicted octanol–water partition coefficient (Wildman–Crippen LogP) is 5.43. The Balaban J connectivity index is 2.12. The molecule has 112 valence electrons. The second-order valence-electron chi connectivity index (χ2n) is 3.88. The summed E-state index contributed by atoms with van der Waals surface area (Å²) in [5, 5.41) is 0.676. The van der Waals surface area contributed by atoms with E-state index in [0.29, 0.717) is 17.0 Å². The quantitative estimate of drug-likeness (QED) is 0.611. The molecule has 0 atom stereocenters. The number of aromatic nitrogens is 1. The molecule has 8 heteroatoms. The molecule has 1 heterocycles. The van der Waals surface area contributed by atoms with E-state index in [1.54, 1.807) is 12.3 Å². The van der Waals surface area contributed by atoms with Crippen LogP contribution in [0.5, 0.6) is 17.4 Å². The normalized spacial score (nSPS) is 11.3. The highest BCUT2D eigenvalue weighted by atomic mass is 79.9. The van der Waals surface area contributed by atoms with E-state index in [0.717, 1.165) is 5.56 Å². The van der Waals surface area contributed by atoms with Gasteiger partial charge in [0.05, 0.1) is 4.47 Å². The van der Waals surface area contributed by atoms with Crippen LogP contribution < -0.4 is 9.47 Å². The first-order valence-electron chi connectivity index (χ1n) is 5.61. The molecule has 0 aliphatic heterocycles. The molecule has 3 nitrogen and oxygen atoms in total. The molecular weight excluding hydrogens is 419 g/mol. The summed E-state index contributed by atoms with van der Waals surface area (Å²) < 4.78 is 45.9. The van der Waals surface area contributed by atoms with Crippen molar-refractivity contribution in [3.63, 3.8) is 0 Å². The van der Waals surface area contributed by atoms with Crippen LogP contribution in [0.3, 0.4) is 0 Å². The average molecular weight is 427 g/mol. The van der Waals surface area contributed by atoms with Crippen LogP contribution in [0.1, 0.15) is 5.56 Å². The van der Waals surface area contributed by atoms with Crippen molar-refractivity contribution in [3.8, 4) is 17.4 Å². The molecule has 0 amide bonds. The van der Waals surface area contributed by atoms with Crippen molar-refractivity contribution >= 4 is 31.9 Å². The van der Waals surface area contributed by atoms with E-state index in [4.69, 9.17) is 4.74 Å². The highest BCUT2D eigenvalue weighted by Crippen LogP contribution is 2.34. The molecule has 1 aromatic heterocycles. The molecule has 0 bridgehead atoms. The van der Waals surface area contributed by atoms with Crippen LogP contribution in [0.2, 0.25) is 0 Å². The van der Waals surface area contributed by atoms with Gasteiger partial charge in [0, 0.05) is 17.6 Å². The molecule has 21 heavy (non-hydrogen) atoms. The van der Waals surface area contributed by atoms with Gasteiger partial charge in [-0.05, 0) is 39.7 Å². The molecule has 1 aromatic carbocycles. The van der Waals surface area contributed by atoms with Crippen LogP contribution >= 0.6 is 31.9 Å². The third-order valence-corrected chi connectivity index (χ3v) is 3.57.